The Labute approximate surface area is 471 Å². The van der Waals surface area contributed by atoms with E-state index in [1.165, 1.54) is 138 Å². The van der Waals surface area contributed by atoms with Gasteiger partial charge in [-0.05, 0) is 91.5 Å². The number of hydrogen-bond donors (Lipinski definition) is 0. The zero-order valence-corrected chi connectivity index (χ0v) is 50.6. The van der Waals surface area contributed by atoms with Crippen LogP contribution in [0.2, 0.25) is 0 Å². The van der Waals surface area contributed by atoms with Crippen LogP contribution in [0.1, 0.15) is 190 Å². The van der Waals surface area contributed by atoms with Gasteiger partial charge in [-0.1, -0.05) is 181 Å². The molecule has 7 heterocycles. The highest BCUT2D eigenvalue weighted by Gasteiger charge is 2.44. The lowest BCUT2D eigenvalue weighted by atomic mass is 9.77. The van der Waals surface area contributed by atoms with Gasteiger partial charge in [0.25, 0.3) is 11.8 Å². The van der Waals surface area contributed by atoms with E-state index in [2.05, 4.69) is 159 Å². The summed E-state index contributed by atoms with van der Waals surface area (Å²) in [6.45, 7) is 21.4. The van der Waals surface area contributed by atoms with E-state index in [0.717, 1.165) is 48.6 Å². The average Bonchev–Trinajstić information content (AvgIpc) is 4.43. The molecular formula is C66H75NO2S6. The molecule has 0 saturated carbocycles. The van der Waals surface area contributed by atoms with E-state index in [4.69, 9.17) is 0 Å². The molecule has 75 heavy (non-hydrogen) atoms. The van der Waals surface area contributed by atoms with Gasteiger partial charge in [0.05, 0.1) is 15.1 Å². The van der Waals surface area contributed by atoms with Crippen LogP contribution in [-0.2, 0) is 23.7 Å². The number of unbranched alkanes of at least 4 members (excludes halogenated alkanes) is 3. The van der Waals surface area contributed by atoms with Crippen LogP contribution in [0.25, 0.3) is 60.9 Å². The van der Waals surface area contributed by atoms with Crippen molar-refractivity contribution in [3.63, 3.8) is 0 Å². The minimum atomic E-state index is -0.379. The second-order valence-corrected chi connectivity index (χ2v) is 28.2. The molecule has 0 radical (unpaired) electrons. The predicted octanol–water partition coefficient (Wildman–Crippen LogP) is 21.9. The molecule has 10 rings (SSSR count). The SMILES string of the molecule is CCCCC(CC)Cc1ccc(-c2c3cc(C(C)(CC)c4ccccc4)sc3c(-c3ccc(CC(CC)CCCC)s3)c3cc(-c4sc(C(C)(CC)c5ccccc5)c5c6c(sc45)C(=O)N(CCCC)C6=O)sc23)s1. The Morgan fingerprint density at radius 3 is 1.56 bits per heavy atom. The van der Waals surface area contributed by atoms with E-state index < -0.39 is 0 Å². The van der Waals surface area contributed by atoms with Gasteiger partial charge in [0, 0.05) is 88.2 Å². The number of benzene rings is 3. The molecule has 3 aromatic carbocycles. The maximum absolute atomic E-state index is 14.7. The van der Waals surface area contributed by atoms with Crippen LogP contribution in [-0.4, -0.2) is 23.3 Å². The van der Waals surface area contributed by atoms with Gasteiger partial charge in [0.1, 0.15) is 4.88 Å². The standard InChI is InChI=1S/C66H75NO2S6/c1-10-17-26-41(13-4)37-45-32-34-49(70-45)53-47-39-51(59-60-55(56-61(74-60)64(69)67(63(56)68)36-19-12-3)62(75-59)66(9,16-7)44-30-24-21-25-31-44)72-57(47)54(50-35-33-46(71-50)38-42(14-5)27-18-11-2)48-40-52(73-58(48)53)65(8,15-6)43-28-22-20-23-29-43/h20-25,28-35,39-42H,10-19,26-27,36-38H2,1-9H3. The molecule has 9 heteroatoms. The van der Waals surface area contributed by atoms with Crippen LogP contribution in [0.15, 0.2) is 97.1 Å². The maximum Gasteiger partial charge on any atom is 0.271 e. The fraction of sp³-hybridized carbons (Fsp3) is 0.424. The highest BCUT2D eigenvalue weighted by atomic mass is 32.1. The van der Waals surface area contributed by atoms with Gasteiger partial charge in [-0.2, -0.15) is 0 Å². The normalized spacial score (nSPS) is 15.4. The number of carbonyl (C=O) groups excluding carboxylic acids is 2. The molecule has 0 N–H and O–H groups in total. The van der Waals surface area contributed by atoms with Crippen LogP contribution in [0.4, 0.5) is 0 Å². The molecule has 4 atom stereocenters. The van der Waals surface area contributed by atoms with Crippen molar-refractivity contribution >= 4 is 110 Å². The van der Waals surface area contributed by atoms with E-state index in [1.807, 2.05) is 56.7 Å². The summed E-state index contributed by atoms with van der Waals surface area (Å²) < 4.78 is 3.79. The van der Waals surface area contributed by atoms with Gasteiger partial charge in [-0.25, -0.2) is 0 Å². The third-order valence-electron chi connectivity index (χ3n) is 17.0. The molecule has 3 nitrogen and oxygen atoms in total. The first-order chi connectivity index (χ1) is 36.4. The Kier molecular flexibility index (Phi) is 16.6. The number of rotatable bonds is 24. The zero-order valence-electron chi connectivity index (χ0n) is 45.7. The third kappa shape index (κ3) is 9.92. The fourth-order valence-corrected chi connectivity index (χ4v) is 20.1. The molecule has 6 aromatic heterocycles. The average molecular weight is 1110 g/mol. The van der Waals surface area contributed by atoms with E-state index in [0.29, 0.717) is 28.8 Å². The number of amides is 2. The molecule has 2 amide bonds. The van der Waals surface area contributed by atoms with E-state index in [-0.39, 0.29) is 22.6 Å². The molecule has 392 valence electrons. The molecule has 9 aromatic rings. The van der Waals surface area contributed by atoms with Crippen LogP contribution in [0, 0.1) is 11.8 Å². The fourth-order valence-electron chi connectivity index (χ4n) is 11.8. The number of fused-ring (bicyclic) bond motifs is 5. The van der Waals surface area contributed by atoms with Gasteiger partial charge in [0.2, 0.25) is 0 Å². The summed E-state index contributed by atoms with van der Waals surface area (Å²) in [5.41, 5.74) is 5.39. The van der Waals surface area contributed by atoms with E-state index in [1.54, 1.807) is 11.3 Å². The maximum atomic E-state index is 14.7. The van der Waals surface area contributed by atoms with Gasteiger partial charge < -0.3 is 0 Å². The largest absolute Gasteiger partial charge is 0.274 e. The quantitative estimate of drug-likeness (QED) is 0.0566. The first-order valence-corrected chi connectivity index (χ1v) is 33.1. The van der Waals surface area contributed by atoms with Crippen LogP contribution < -0.4 is 0 Å². The topological polar surface area (TPSA) is 37.4 Å². The van der Waals surface area contributed by atoms with Gasteiger partial charge in [-0.3, -0.25) is 14.5 Å². The molecular weight excluding hydrogens is 1030 g/mol. The Bertz CT molecular complexity index is 3340. The molecule has 4 unspecified atom stereocenters. The van der Waals surface area contributed by atoms with Gasteiger partial charge in [-0.15, -0.1) is 68.0 Å². The molecule has 1 aliphatic rings. The highest BCUT2D eigenvalue weighted by Crippen LogP contribution is 2.59. The monoisotopic (exact) mass is 1110 g/mol. The second-order valence-electron chi connectivity index (χ2n) is 21.7. The minimum Gasteiger partial charge on any atom is -0.274 e. The van der Waals surface area contributed by atoms with Crippen LogP contribution in [0.5, 0.6) is 0 Å². The summed E-state index contributed by atoms with van der Waals surface area (Å²) in [5, 5.41) is 3.66. The summed E-state index contributed by atoms with van der Waals surface area (Å²) in [7, 11) is 0. The Hall–Kier alpha value is -4.22. The number of nitrogens with zero attached hydrogens (tertiary/aromatic N) is 1. The summed E-state index contributed by atoms with van der Waals surface area (Å²) in [6, 6.07) is 36.9. The highest BCUT2D eigenvalue weighted by molar-refractivity contribution is 7.32. The first kappa shape index (κ1) is 54.1. The molecule has 0 spiro atoms. The molecule has 1 aliphatic heterocycles. The van der Waals surface area contributed by atoms with Crippen molar-refractivity contribution in [1.29, 1.82) is 0 Å². The Morgan fingerprint density at radius 2 is 1.03 bits per heavy atom. The van der Waals surface area contributed by atoms with Crippen molar-refractivity contribution in [2.45, 2.75) is 163 Å². The smallest absolute Gasteiger partial charge is 0.271 e. The number of thiophene rings is 6. The predicted molar refractivity (Wildman–Crippen MR) is 333 cm³/mol. The third-order valence-corrected chi connectivity index (χ3v) is 24.8. The molecule has 0 fully saturated rings. The lowest BCUT2D eigenvalue weighted by Gasteiger charge is -2.28. The zero-order chi connectivity index (χ0) is 52.6. The van der Waals surface area contributed by atoms with Crippen molar-refractivity contribution in [1.82, 2.24) is 4.90 Å². The Morgan fingerprint density at radius 1 is 0.493 bits per heavy atom. The van der Waals surface area contributed by atoms with Crippen LogP contribution in [0.3, 0.4) is 0 Å². The lowest BCUT2D eigenvalue weighted by Crippen LogP contribution is -2.30. The molecule has 0 aliphatic carbocycles. The summed E-state index contributed by atoms with van der Waals surface area (Å²) in [6.07, 6.45) is 15.8. The van der Waals surface area contributed by atoms with E-state index in [9.17, 15) is 9.59 Å². The van der Waals surface area contributed by atoms with Crippen molar-refractivity contribution in [3.05, 3.63) is 138 Å². The minimum absolute atomic E-state index is 0.125. The van der Waals surface area contributed by atoms with Crippen molar-refractivity contribution in [3.8, 4) is 30.6 Å². The van der Waals surface area contributed by atoms with Crippen molar-refractivity contribution < 1.29 is 9.59 Å². The van der Waals surface area contributed by atoms with Crippen LogP contribution >= 0.6 is 68.0 Å². The van der Waals surface area contributed by atoms with Crippen molar-refractivity contribution in [2.75, 3.05) is 6.54 Å². The van der Waals surface area contributed by atoms with E-state index >= 15 is 0 Å². The number of hydrogen-bond acceptors (Lipinski definition) is 8. The number of carbonyl (C=O) groups is 2. The summed E-state index contributed by atoms with van der Waals surface area (Å²) >= 11 is 11.4. The summed E-state index contributed by atoms with van der Waals surface area (Å²) in [5.74, 6) is 1.12. The molecule has 0 saturated heterocycles. The molecule has 0 bridgehead atoms. The summed E-state index contributed by atoms with van der Waals surface area (Å²) in [4.78, 5) is 41.9. The lowest BCUT2D eigenvalue weighted by molar-refractivity contribution is 0.0654. The van der Waals surface area contributed by atoms with Crippen molar-refractivity contribution in [2.24, 2.45) is 11.8 Å². The van der Waals surface area contributed by atoms with Gasteiger partial charge >= 0.3 is 0 Å². The van der Waals surface area contributed by atoms with Gasteiger partial charge in [0.15, 0.2) is 0 Å². The first-order valence-electron chi connectivity index (χ1n) is 28.2. The Balaban J connectivity index is 1.26. The number of imide groups is 1. The second kappa shape index (κ2) is 23.0.